The first kappa shape index (κ1) is 17.2. The maximum Gasteiger partial charge on any atom is 0.311 e. The number of aliphatic carboxylic acids is 1. The number of nitro groups is 1. The first-order valence-corrected chi connectivity index (χ1v) is 7.82. The first-order valence-electron chi connectivity index (χ1n) is 7.82. The van der Waals surface area contributed by atoms with Crippen molar-refractivity contribution in [2.24, 2.45) is 11.3 Å². The van der Waals surface area contributed by atoms with E-state index < -0.39 is 22.2 Å². The van der Waals surface area contributed by atoms with E-state index in [-0.39, 0.29) is 42.6 Å². The number of likely N-dealkylation sites (tertiary alicyclic amines) is 1. The van der Waals surface area contributed by atoms with Gasteiger partial charge in [0.1, 0.15) is 5.75 Å². The molecule has 2 aliphatic heterocycles. The summed E-state index contributed by atoms with van der Waals surface area (Å²) in [6.45, 7) is 0.908. The molecule has 1 N–H and O–H groups in total. The van der Waals surface area contributed by atoms with E-state index >= 15 is 0 Å². The van der Waals surface area contributed by atoms with Gasteiger partial charge < -0.3 is 19.5 Å². The summed E-state index contributed by atoms with van der Waals surface area (Å²) in [6.07, 6.45) is 0.336. The highest BCUT2D eigenvalue weighted by molar-refractivity contribution is 5.98. The quantitative estimate of drug-likeness (QED) is 0.639. The van der Waals surface area contributed by atoms with Gasteiger partial charge in [0.15, 0.2) is 0 Å². The molecular formula is C16H18N2O7. The summed E-state index contributed by atoms with van der Waals surface area (Å²) in [5.41, 5.74) is -1.20. The molecule has 0 aromatic heterocycles. The topological polar surface area (TPSA) is 119 Å². The Morgan fingerprint density at radius 1 is 1.48 bits per heavy atom. The van der Waals surface area contributed by atoms with Crippen molar-refractivity contribution in [2.75, 3.05) is 33.4 Å². The van der Waals surface area contributed by atoms with Crippen molar-refractivity contribution >= 4 is 17.6 Å². The zero-order valence-electron chi connectivity index (χ0n) is 13.6. The number of hydrogen-bond acceptors (Lipinski definition) is 6. The fourth-order valence-corrected chi connectivity index (χ4v) is 3.60. The Bertz CT molecular complexity index is 735. The molecule has 1 aromatic carbocycles. The number of non-ortho nitro benzene ring substituents is 1. The second-order valence-electron chi connectivity index (χ2n) is 6.31. The van der Waals surface area contributed by atoms with Crippen molar-refractivity contribution < 1.29 is 29.1 Å². The number of benzene rings is 1. The molecule has 2 fully saturated rings. The molecule has 9 heteroatoms. The SMILES string of the molecule is COc1ccc([N+](=O)[O-])cc1C(=O)N1C[C@H]2COCC[C@@]2(C(=O)O)C1. The molecule has 134 valence electrons. The lowest BCUT2D eigenvalue weighted by Crippen LogP contribution is -2.45. The van der Waals surface area contributed by atoms with E-state index in [0.29, 0.717) is 13.0 Å². The number of rotatable bonds is 4. The highest BCUT2D eigenvalue weighted by Gasteiger charge is 2.55. The summed E-state index contributed by atoms with van der Waals surface area (Å²) in [5, 5.41) is 20.7. The smallest absolute Gasteiger partial charge is 0.311 e. The first-order chi connectivity index (χ1) is 11.9. The van der Waals surface area contributed by atoms with Gasteiger partial charge in [-0.2, -0.15) is 0 Å². The number of methoxy groups -OCH3 is 1. The number of carbonyl (C=O) groups excluding carboxylic acids is 1. The van der Waals surface area contributed by atoms with Gasteiger partial charge in [-0.1, -0.05) is 0 Å². The zero-order chi connectivity index (χ0) is 18.2. The van der Waals surface area contributed by atoms with Crippen LogP contribution in [0.1, 0.15) is 16.8 Å². The average Bonchev–Trinajstić information content (AvgIpc) is 3.01. The Hall–Kier alpha value is -2.68. The summed E-state index contributed by atoms with van der Waals surface area (Å²) in [4.78, 5) is 36.5. The van der Waals surface area contributed by atoms with E-state index in [1.54, 1.807) is 0 Å². The molecule has 0 aliphatic carbocycles. The van der Waals surface area contributed by atoms with Crippen molar-refractivity contribution in [3.8, 4) is 5.75 Å². The number of carboxylic acids is 1. The van der Waals surface area contributed by atoms with Crippen LogP contribution in [0.3, 0.4) is 0 Å². The lowest BCUT2D eigenvalue weighted by molar-refractivity contribution is -0.384. The molecule has 0 unspecified atom stereocenters. The number of nitro benzene ring substituents is 1. The average molecular weight is 350 g/mol. The minimum absolute atomic E-state index is 0.0526. The Kier molecular flexibility index (Phi) is 4.34. The van der Waals surface area contributed by atoms with Crippen molar-refractivity contribution in [3.63, 3.8) is 0 Å². The van der Waals surface area contributed by atoms with Gasteiger partial charge in [0.05, 0.1) is 29.6 Å². The summed E-state index contributed by atoms with van der Waals surface area (Å²) in [7, 11) is 1.37. The molecule has 9 nitrogen and oxygen atoms in total. The number of carbonyl (C=O) groups is 2. The minimum atomic E-state index is -1.03. The van der Waals surface area contributed by atoms with Gasteiger partial charge in [-0.3, -0.25) is 19.7 Å². The normalized spacial score (nSPS) is 25.3. The highest BCUT2D eigenvalue weighted by Crippen LogP contribution is 2.43. The predicted octanol–water partition coefficient (Wildman–Crippen LogP) is 1.17. The van der Waals surface area contributed by atoms with E-state index in [0.717, 1.165) is 6.07 Å². The summed E-state index contributed by atoms with van der Waals surface area (Å²) < 4.78 is 10.5. The number of amides is 1. The molecule has 2 saturated heterocycles. The van der Waals surface area contributed by atoms with Crippen LogP contribution in [0.5, 0.6) is 5.75 Å². The van der Waals surface area contributed by atoms with Crippen LogP contribution in [0.25, 0.3) is 0 Å². The Balaban J connectivity index is 1.93. The zero-order valence-corrected chi connectivity index (χ0v) is 13.6. The van der Waals surface area contributed by atoms with Crippen LogP contribution in [0, 0.1) is 21.4 Å². The minimum Gasteiger partial charge on any atom is -0.496 e. The molecule has 0 radical (unpaired) electrons. The van der Waals surface area contributed by atoms with E-state index in [9.17, 15) is 24.8 Å². The molecule has 2 heterocycles. The molecule has 0 spiro atoms. The maximum atomic E-state index is 12.9. The van der Waals surface area contributed by atoms with Crippen molar-refractivity contribution in [1.82, 2.24) is 4.90 Å². The van der Waals surface area contributed by atoms with Crippen LogP contribution < -0.4 is 4.74 Å². The number of nitrogens with zero attached hydrogens (tertiary/aromatic N) is 2. The van der Waals surface area contributed by atoms with Gasteiger partial charge >= 0.3 is 5.97 Å². The number of fused-ring (bicyclic) bond motifs is 1. The van der Waals surface area contributed by atoms with Gasteiger partial charge in [-0.05, 0) is 12.5 Å². The number of hydrogen-bond donors (Lipinski definition) is 1. The fourth-order valence-electron chi connectivity index (χ4n) is 3.60. The summed E-state index contributed by atoms with van der Waals surface area (Å²) in [6, 6.07) is 3.78. The maximum absolute atomic E-state index is 12.9. The molecule has 0 saturated carbocycles. The third-order valence-electron chi connectivity index (χ3n) is 5.04. The summed E-state index contributed by atoms with van der Waals surface area (Å²) >= 11 is 0. The van der Waals surface area contributed by atoms with Gasteiger partial charge in [0.25, 0.3) is 11.6 Å². The highest BCUT2D eigenvalue weighted by atomic mass is 16.6. The second kappa shape index (κ2) is 6.32. The molecule has 1 aromatic rings. The van der Waals surface area contributed by atoms with E-state index in [4.69, 9.17) is 9.47 Å². The second-order valence-corrected chi connectivity index (χ2v) is 6.31. The van der Waals surface area contributed by atoms with Gasteiger partial charge in [-0.25, -0.2) is 0 Å². The number of ether oxygens (including phenoxy) is 2. The van der Waals surface area contributed by atoms with Crippen LogP contribution in [0.2, 0.25) is 0 Å². The van der Waals surface area contributed by atoms with Crippen LogP contribution in [-0.2, 0) is 9.53 Å². The van der Waals surface area contributed by atoms with Crippen LogP contribution in [-0.4, -0.2) is 60.2 Å². The molecule has 2 atom stereocenters. The lowest BCUT2D eigenvalue weighted by Gasteiger charge is -2.33. The van der Waals surface area contributed by atoms with E-state index in [1.807, 2.05) is 0 Å². The molecule has 25 heavy (non-hydrogen) atoms. The summed E-state index contributed by atoms with van der Waals surface area (Å²) in [5.74, 6) is -1.50. The standard InChI is InChI=1S/C16H18N2O7/c1-24-13-3-2-11(18(22)23)6-12(13)14(19)17-7-10-8-25-5-4-16(10,9-17)15(20)21/h2-3,6,10H,4-5,7-9H2,1H3,(H,20,21)/t10-,16+/m0/s1. The third kappa shape index (κ3) is 2.80. The fraction of sp³-hybridized carbons (Fsp3) is 0.500. The Labute approximate surface area is 143 Å². The Morgan fingerprint density at radius 3 is 2.84 bits per heavy atom. The largest absolute Gasteiger partial charge is 0.496 e. The van der Waals surface area contributed by atoms with Crippen molar-refractivity contribution in [3.05, 3.63) is 33.9 Å². The van der Waals surface area contributed by atoms with Crippen molar-refractivity contribution in [2.45, 2.75) is 6.42 Å². The predicted molar refractivity (Wildman–Crippen MR) is 84.5 cm³/mol. The van der Waals surface area contributed by atoms with Crippen LogP contribution >= 0.6 is 0 Å². The molecule has 3 rings (SSSR count). The molecule has 0 bridgehead atoms. The monoisotopic (exact) mass is 350 g/mol. The van der Waals surface area contributed by atoms with Crippen LogP contribution in [0.4, 0.5) is 5.69 Å². The third-order valence-corrected chi connectivity index (χ3v) is 5.04. The van der Waals surface area contributed by atoms with Gasteiger partial charge in [0, 0.05) is 37.7 Å². The van der Waals surface area contributed by atoms with Crippen LogP contribution in [0.15, 0.2) is 18.2 Å². The Morgan fingerprint density at radius 2 is 2.24 bits per heavy atom. The number of carboxylic acid groups (broad SMARTS) is 1. The molecular weight excluding hydrogens is 332 g/mol. The van der Waals surface area contributed by atoms with Crippen molar-refractivity contribution in [1.29, 1.82) is 0 Å². The van der Waals surface area contributed by atoms with E-state index in [2.05, 4.69) is 0 Å². The lowest BCUT2D eigenvalue weighted by atomic mass is 9.74. The van der Waals surface area contributed by atoms with Gasteiger partial charge in [0.2, 0.25) is 0 Å². The van der Waals surface area contributed by atoms with E-state index in [1.165, 1.54) is 24.1 Å². The molecule has 1 amide bonds. The van der Waals surface area contributed by atoms with Gasteiger partial charge in [-0.15, -0.1) is 0 Å². The molecule has 2 aliphatic rings.